The molecule has 100 valence electrons. The third kappa shape index (κ3) is 3.68. The molecular formula is C12H16FNO4. The Hall–Kier alpha value is -1.66. The van der Waals surface area contributed by atoms with E-state index in [1.807, 2.05) is 0 Å². The van der Waals surface area contributed by atoms with Crippen LogP contribution in [0.3, 0.4) is 0 Å². The minimum atomic E-state index is -0.791. The number of nitrogens with one attached hydrogen (secondary N) is 1. The molecule has 1 rings (SSSR count). The Labute approximate surface area is 105 Å². The van der Waals surface area contributed by atoms with Gasteiger partial charge in [-0.25, -0.2) is 9.18 Å². The number of phenols is 1. The second kappa shape index (κ2) is 6.93. The average Bonchev–Trinajstić information content (AvgIpc) is 2.37. The van der Waals surface area contributed by atoms with Crippen LogP contribution in [0.15, 0.2) is 18.2 Å². The van der Waals surface area contributed by atoms with Crippen LogP contribution in [-0.2, 0) is 14.3 Å². The van der Waals surface area contributed by atoms with E-state index in [9.17, 15) is 9.18 Å². The maximum atomic E-state index is 13.2. The summed E-state index contributed by atoms with van der Waals surface area (Å²) in [7, 11) is 2.79. The van der Waals surface area contributed by atoms with E-state index in [1.54, 1.807) is 0 Å². The van der Waals surface area contributed by atoms with E-state index in [0.717, 1.165) is 6.07 Å². The number of halogens is 1. The van der Waals surface area contributed by atoms with Crippen molar-refractivity contribution in [3.8, 4) is 5.75 Å². The number of aromatic hydroxyl groups is 1. The van der Waals surface area contributed by atoms with E-state index >= 15 is 0 Å². The summed E-state index contributed by atoms with van der Waals surface area (Å²) >= 11 is 0. The first-order valence-electron chi connectivity index (χ1n) is 5.38. The Morgan fingerprint density at radius 3 is 2.78 bits per heavy atom. The summed E-state index contributed by atoms with van der Waals surface area (Å²) in [6.07, 6.45) is 0. The molecule has 0 aromatic heterocycles. The lowest BCUT2D eigenvalue weighted by Crippen LogP contribution is -2.32. The fourth-order valence-corrected chi connectivity index (χ4v) is 1.46. The smallest absolute Gasteiger partial charge is 0.327 e. The van der Waals surface area contributed by atoms with E-state index in [0.29, 0.717) is 18.7 Å². The van der Waals surface area contributed by atoms with Crippen molar-refractivity contribution in [3.05, 3.63) is 29.6 Å². The molecule has 1 aromatic rings. The Morgan fingerprint density at radius 2 is 2.22 bits per heavy atom. The zero-order chi connectivity index (χ0) is 13.5. The van der Waals surface area contributed by atoms with Gasteiger partial charge in [0.1, 0.15) is 6.04 Å². The van der Waals surface area contributed by atoms with Crippen LogP contribution in [-0.4, -0.2) is 38.4 Å². The van der Waals surface area contributed by atoms with Crippen LogP contribution in [0.4, 0.5) is 4.39 Å². The van der Waals surface area contributed by atoms with Crippen LogP contribution in [0.1, 0.15) is 11.6 Å². The third-order valence-corrected chi connectivity index (χ3v) is 2.40. The molecule has 0 aliphatic carbocycles. The molecule has 6 heteroatoms. The number of methoxy groups -OCH3 is 2. The van der Waals surface area contributed by atoms with Crippen molar-refractivity contribution < 1.29 is 23.8 Å². The Balaban J connectivity index is 2.87. The first-order chi connectivity index (χ1) is 8.60. The summed E-state index contributed by atoms with van der Waals surface area (Å²) in [6, 6.07) is 2.95. The van der Waals surface area contributed by atoms with Crippen LogP contribution in [0.2, 0.25) is 0 Å². The first kappa shape index (κ1) is 14.4. The van der Waals surface area contributed by atoms with Crippen LogP contribution in [0.25, 0.3) is 0 Å². The van der Waals surface area contributed by atoms with Gasteiger partial charge < -0.3 is 14.6 Å². The third-order valence-electron chi connectivity index (χ3n) is 2.40. The Morgan fingerprint density at radius 1 is 1.50 bits per heavy atom. The molecule has 0 bridgehead atoms. The monoisotopic (exact) mass is 257 g/mol. The molecule has 0 spiro atoms. The zero-order valence-corrected chi connectivity index (χ0v) is 10.3. The molecule has 1 unspecified atom stereocenters. The highest BCUT2D eigenvalue weighted by Crippen LogP contribution is 2.21. The number of carbonyl (C=O) groups is 1. The van der Waals surface area contributed by atoms with Gasteiger partial charge in [-0.15, -0.1) is 0 Å². The van der Waals surface area contributed by atoms with Gasteiger partial charge >= 0.3 is 5.97 Å². The fourth-order valence-electron chi connectivity index (χ4n) is 1.46. The molecule has 0 amide bonds. The molecule has 0 heterocycles. The van der Waals surface area contributed by atoms with Crippen LogP contribution in [0, 0.1) is 5.82 Å². The molecule has 5 nitrogen and oxygen atoms in total. The molecule has 0 fully saturated rings. The second-order valence-electron chi connectivity index (χ2n) is 3.61. The molecule has 18 heavy (non-hydrogen) atoms. The van der Waals surface area contributed by atoms with Crippen LogP contribution >= 0.6 is 0 Å². The van der Waals surface area contributed by atoms with Crippen LogP contribution in [0.5, 0.6) is 5.75 Å². The number of phenolic OH excluding ortho intramolecular Hbond substituents is 1. The summed E-state index contributed by atoms with van der Waals surface area (Å²) in [6.45, 7) is 0.826. The molecule has 0 saturated carbocycles. The summed E-state index contributed by atoms with van der Waals surface area (Å²) in [5.41, 5.74) is 0.383. The molecule has 0 aliphatic heterocycles. The van der Waals surface area contributed by atoms with Crippen molar-refractivity contribution in [2.45, 2.75) is 6.04 Å². The van der Waals surface area contributed by atoms with E-state index < -0.39 is 23.6 Å². The lowest BCUT2D eigenvalue weighted by Gasteiger charge is -2.16. The quantitative estimate of drug-likeness (QED) is 0.587. The van der Waals surface area contributed by atoms with Gasteiger partial charge in [0.25, 0.3) is 0 Å². The molecule has 1 aromatic carbocycles. The Bertz CT molecular complexity index is 411. The highest BCUT2D eigenvalue weighted by atomic mass is 19.1. The van der Waals surface area contributed by atoms with Gasteiger partial charge in [-0.3, -0.25) is 5.32 Å². The number of rotatable bonds is 6. The maximum absolute atomic E-state index is 13.2. The predicted molar refractivity (Wildman–Crippen MR) is 62.7 cm³/mol. The summed E-state index contributed by atoms with van der Waals surface area (Å²) < 4.78 is 22.7. The molecule has 0 saturated heterocycles. The van der Waals surface area contributed by atoms with Crippen molar-refractivity contribution in [3.63, 3.8) is 0 Å². The number of esters is 1. The van der Waals surface area contributed by atoms with Crippen molar-refractivity contribution >= 4 is 5.97 Å². The average molecular weight is 257 g/mol. The number of benzene rings is 1. The predicted octanol–water partition coefficient (Wildman–Crippen LogP) is 0.981. The first-order valence-corrected chi connectivity index (χ1v) is 5.38. The topological polar surface area (TPSA) is 67.8 Å². The largest absolute Gasteiger partial charge is 0.505 e. The van der Waals surface area contributed by atoms with Gasteiger partial charge in [0.15, 0.2) is 11.6 Å². The molecule has 1 atom stereocenters. The standard InChI is InChI=1S/C12H16FNO4/c1-17-6-5-14-11(12(16)18-2)8-3-4-10(15)9(13)7-8/h3-4,7,11,14-15H,5-6H2,1-2H3. The van der Waals surface area contributed by atoms with E-state index in [-0.39, 0.29) is 0 Å². The summed E-state index contributed by atoms with van der Waals surface area (Å²) in [5, 5.41) is 12.0. The van der Waals surface area contributed by atoms with Crippen molar-refractivity contribution in [2.24, 2.45) is 0 Å². The minimum Gasteiger partial charge on any atom is -0.505 e. The number of ether oxygens (including phenoxy) is 2. The zero-order valence-electron chi connectivity index (χ0n) is 10.3. The van der Waals surface area contributed by atoms with Crippen LogP contribution < -0.4 is 5.32 Å². The summed E-state index contributed by atoms with van der Waals surface area (Å²) in [5.74, 6) is -1.77. The van der Waals surface area contributed by atoms with E-state index in [1.165, 1.54) is 26.4 Å². The molecular weight excluding hydrogens is 241 g/mol. The lowest BCUT2D eigenvalue weighted by molar-refractivity contribution is -0.143. The normalized spacial score (nSPS) is 12.2. The minimum absolute atomic E-state index is 0.383. The van der Waals surface area contributed by atoms with Crippen molar-refractivity contribution in [1.29, 1.82) is 0 Å². The lowest BCUT2D eigenvalue weighted by atomic mass is 10.1. The number of hydrogen-bond acceptors (Lipinski definition) is 5. The van der Waals surface area contributed by atoms with Crippen molar-refractivity contribution in [1.82, 2.24) is 5.32 Å². The maximum Gasteiger partial charge on any atom is 0.327 e. The van der Waals surface area contributed by atoms with E-state index in [2.05, 4.69) is 10.1 Å². The van der Waals surface area contributed by atoms with Gasteiger partial charge in [0.05, 0.1) is 13.7 Å². The number of hydrogen-bond donors (Lipinski definition) is 2. The van der Waals surface area contributed by atoms with Gasteiger partial charge in [0.2, 0.25) is 0 Å². The number of carbonyl (C=O) groups excluding carboxylic acids is 1. The molecule has 0 radical (unpaired) electrons. The molecule has 0 aliphatic rings. The Kier molecular flexibility index (Phi) is 5.54. The summed E-state index contributed by atoms with van der Waals surface area (Å²) in [4.78, 5) is 11.6. The highest BCUT2D eigenvalue weighted by Gasteiger charge is 2.21. The van der Waals surface area contributed by atoms with Gasteiger partial charge in [-0.05, 0) is 17.7 Å². The van der Waals surface area contributed by atoms with Crippen molar-refractivity contribution in [2.75, 3.05) is 27.4 Å². The SMILES string of the molecule is COCCNC(C(=O)OC)c1ccc(O)c(F)c1. The second-order valence-corrected chi connectivity index (χ2v) is 3.61. The van der Waals surface area contributed by atoms with Gasteiger partial charge in [-0.2, -0.15) is 0 Å². The fraction of sp³-hybridized carbons (Fsp3) is 0.417. The highest BCUT2D eigenvalue weighted by molar-refractivity contribution is 5.77. The van der Waals surface area contributed by atoms with Gasteiger partial charge in [-0.1, -0.05) is 6.07 Å². The molecule has 2 N–H and O–H groups in total. The van der Waals surface area contributed by atoms with Gasteiger partial charge in [0, 0.05) is 13.7 Å². The van der Waals surface area contributed by atoms with E-state index in [4.69, 9.17) is 9.84 Å².